The zero-order chi connectivity index (χ0) is 12.4. The molecular weight excluding hydrogens is 224 g/mol. The number of Topliss-reactive ketones (excluding diaryl/α,β-unsaturated/α-hetero) is 1. The van der Waals surface area contributed by atoms with E-state index in [1.807, 2.05) is 0 Å². The van der Waals surface area contributed by atoms with Crippen molar-refractivity contribution in [2.24, 2.45) is 11.7 Å². The second kappa shape index (κ2) is 4.92. The van der Waals surface area contributed by atoms with Crippen LogP contribution >= 0.6 is 0 Å². The van der Waals surface area contributed by atoms with E-state index in [1.165, 1.54) is 0 Å². The summed E-state index contributed by atoms with van der Waals surface area (Å²) in [5, 5.41) is 0. The Labute approximate surface area is 98.8 Å². The second-order valence-corrected chi connectivity index (χ2v) is 4.61. The van der Waals surface area contributed by atoms with Gasteiger partial charge in [-0.15, -0.1) is 0 Å². The fourth-order valence-corrected chi connectivity index (χ4v) is 2.37. The molecule has 0 radical (unpaired) electrons. The minimum absolute atomic E-state index is 0.00526. The molecule has 2 N–H and O–H groups in total. The summed E-state index contributed by atoms with van der Waals surface area (Å²) in [7, 11) is 0. The molecule has 1 aliphatic carbocycles. The maximum atomic E-state index is 13.5. The highest BCUT2D eigenvalue weighted by Crippen LogP contribution is 2.27. The van der Waals surface area contributed by atoms with Crippen molar-refractivity contribution in [2.45, 2.75) is 31.7 Å². The fourth-order valence-electron chi connectivity index (χ4n) is 2.37. The number of ketones is 1. The van der Waals surface area contributed by atoms with Gasteiger partial charge < -0.3 is 5.73 Å². The van der Waals surface area contributed by atoms with Crippen molar-refractivity contribution in [1.29, 1.82) is 0 Å². The third-order valence-corrected chi connectivity index (χ3v) is 3.28. The largest absolute Gasteiger partial charge is 0.328 e. The molecule has 0 bridgehead atoms. The van der Waals surface area contributed by atoms with Gasteiger partial charge in [-0.25, -0.2) is 8.78 Å². The van der Waals surface area contributed by atoms with Crippen LogP contribution < -0.4 is 5.73 Å². The number of hydrogen-bond donors (Lipinski definition) is 1. The molecule has 0 aliphatic heterocycles. The summed E-state index contributed by atoms with van der Waals surface area (Å²) >= 11 is 0. The van der Waals surface area contributed by atoms with E-state index in [4.69, 9.17) is 5.73 Å². The number of halogens is 2. The topological polar surface area (TPSA) is 43.1 Å². The Kier molecular flexibility index (Phi) is 3.52. The van der Waals surface area contributed by atoms with Gasteiger partial charge in [0.05, 0.1) is 5.56 Å². The van der Waals surface area contributed by atoms with E-state index in [9.17, 15) is 13.6 Å². The zero-order valence-electron chi connectivity index (χ0n) is 9.46. The summed E-state index contributed by atoms with van der Waals surface area (Å²) < 4.78 is 26.5. The van der Waals surface area contributed by atoms with E-state index in [2.05, 4.69) is 0 Å². The number of hydrogen-bond acceptors (Lipinski definition) is 2. The van der Waals surface area contributed by atoms with Gasteiger partial charge in [0, 0.05) is 12.0 Å². The molecule has 0 spiro atoms. The van der Waals surface area contributed by atoms with Crippen LogP contribution in [0.4, 0.5) is 8.78 Å². The van der Waals surface area contributed by atoms with Gasteiger partial charge in [0.1, 0.15) is 11.6 Å². The third kappa shape index (κ3) is 2.69. The standard InChI is InChI=1S/C13H15F2NO/c14-9-4-5-12(15)11(7-9)13(17)8-2-1-3-10(16)6-8/h4-5,7-8,10H,1-3,6,16H2. The van der Waals surface area contributed by atoms with Crippen molar-refractivity contribution in [2.75, 3.05) is 0 Å². The minimum atomic E-state index is -0.657. The molecule has 2 nitrogen and oxygen atoms in total. The minimum Gasteiger partial charge on any atom is -0.328 e. The Morgan fingerprint density at radius 1 is 1.29 bits per heavy atom. The number of carbonyl (C=O) groups is 1. The Morgan fingerprint density at radius 2 is 2.06 bits per heavy atom. The van der Waals surface area contributed by atoms with Gasteiger partial charge in [-0.2, -0.15) is 0 Å². The van der Waals surface area contributed by atoms with Crippen molar-refractivity contribution in [3.63, 3.8) is 0 Å². The van der Waals surface area contributed by atoms with Crippen LogP contribution in [0.15, 0.2) is 18.2 Å². The molecule has 1 aromatic rings. The van der Waals surface area contributed by atoms with Gasteiger partial charge >= 0.3 is 0 Å². The van der Waals surface area contributed by atoms with E-state index in [0.29, 0.717) is 12.8 Å². The first-order valence-electron chi connectivity index (χ1n) is 5.83. The first-order valence-corrected chi connectivity index (χ1v) is 5.83. The van der Waals surface area contributed by atoms with Crippen molar-refractivity contribution in [3.8, 4) is 0 Å². The second-order valence-electron chi connectivity index (χ2n) is 4.61. The maximum absolute atomic E-state index is 13.5. The van der Waals surface area contributed by atoms with Gasteiger partial charge in [-0.05, 0) is 37.5 Å². The van der Waals surface area contributed by atoms with Crippen molar-refractivity contribution in [1.82, 2.24) is 0 Å². The summed E-state index contributed by atoms with van der Waals surface area (Å²) in [6, 6.07) is 2.97. The highest BCUT2D eigenvalue weighted by molar-refractivity contribution is 5.98. The molecule has 1 aliphatic rings. The molecule has 2 rings (SSSR count). The summed E-state index contributed by atoms with van der Waals surface area (Å²) in [5.41, 5.74) is 5.64. The van der Waals surface area contributed by atoms with Gasteiger partial charge in [-0.3, -0.25) is 4.79 Å². The van der Waals surface area contributed by atoms with E-state index in [1.54, 1.807) is 0 Å². The Hall–Kier alpha value is -1.29. The zero-order valence-corrected chi connectivity index (χ0v) is 9.46. The monoisotopic (exact) mass is 239 g/mol. The number of rotatable bonds is 2. The summed E-state index contributed by atoms with van der Waals surface area (Å²) in [6.45, 7) is 0. The average Bonchev–Trinajstić information content (AvgIpc) is 2.31. The van der Waals surface area contributed by atoms with Gasteiger partial charge in [-0.1, -0.05) is 6.42 Å². The summed E-state index contributed by atoms with van der Waals surface area (Å²) in [5.74, 6) is -1.84. The first kappa shape index (κ1) is 12.2. The van der Waals surface area contributed by atoms with Crippen LogP contribution in [0, 0.1) is 17.6 Å². The number of benzene rings is 1. The van der Waals surface area contributed by atoms with E-state index >= 15 is 0 Å². The van der Waals surface area contributed by atoms with E-state index in [-0.39, 0.29) is 23.3 Å². The van der Waals surface area contributed by atoms with Crippen molar-refractivity contribution < 1.29 is 13.6 Å². The Balaban J connectivity index is 2.21. The molecule has 0 saturated heterocycles. The van der Waals surface area contributed by atoms with Crippen LogP contribution in [-0.2, 0) is 0 Å². The smallest absolute Gasteiger partial charge is 0.169 e. The van der Waals surface area contributed by atoms with Crippen LogP contribution in [0.1, 0.15) is 36.0 Å². The third-order valence-electron chi connectivity index (χ3n) is 3.28. The predicted molar refractivity (Wildman–Crippen MR) is 60.6 cm³/mol. The molecule has 0 heterocycles. The highest BCUT2D eigenvalue weighted by Gasteiger charge is 2.27. The highest BCUT2D eigenvalue weighted by atomic mass is 19.1. The average molecular weight is 239 g/mol. The molecule has 2 unspecified atom stereocenters. The Bertz CT molecular complexity index is 433. The molecule has 2 atom stereocenters. The number of nitrogens with two attached hydrogens (primary N) is 1. The molecule has 1 saturated carbocycles. The molecule has 0 aromatic heterocycles. The lowest BCUT2D eigenvalue weighted by molar-refractivity contribution is 0.0877. The Morgan fingerprint density at radius 3 is 2.76 bits per heavy atom. The SMILES string of the molecule is NC1CCCC(C(=O)c2cc(F)ccc2F)C1. The lowest BCUT2D eigenvalue weighted by atomic mass is 9.81. The molecule has 1 aromatic carbocycles. The summed E-state index contributed by atoms with van der Waals surface area (Å²) in [4.78, 5) is 12.1. The van der Waals surface area contributed by atoms with Gasteiger partial charge in [0.2, 0.25) is 0 Å². The van der Waals surface area contributed by atoms with E-state index < -0.39 is 11.6 Å². The van der Waals surface area contributed by atoms with Crippen LogP contribution in [0.3, 0.4) is 0 Å². The molecular formula is C13H15F2NO. The van der Waals surface area contributed by atoms with E-state index in [0.717, 1.165) is 31.0 Å². The van der Waals surface area contributed by atoms with Crippen LogP contribution in [0.25, 0.3) is 0 Å². The molecule has 17 heavy (non-hydrogen) atoms. The van der Waals surface area contributed by atoms with Crippen LogP contribution in [0.5, 0.6) is 0 Å². The van der Waals surface area contributed by atoms with Gasteiger partial charge in [0.25, 0.3) is 0 Å². The number of carbonyl (C=O) groups excluding carboxylic acids is 1. The molecule has 0 amide bonds. The van der Waals surface area contributed by atoms with Gasteiger partial charge in [0.15, 0.2) is 5.78 Å². The molecule has 1 fully saturated rings. The predicted octanol–water partition coefficient (Wildman–Crippen LogP) is 2.67. The lowest BCUT2D eigenvalue weighted by Gasteiger charge is -2.25. The first-order chi connectivity index (χ1) is 8.08. The van der Waals surface area contributed by atoms with Crippen LogP contribution in [-0.4, -0.2) is 11.8 Å². The van der Waals surface area contributed by atoms with Crippen LogP contribution in [0.2, 0.25) is 0 Å². The van der Waals surface area contributed by atoms with Crippen molar-refractivity contribution >= 4 is 5.78 Å². The fraction of sp³-hybridized carbons (Fsp3) is 0.462. The molecule has 92 valence electrons. The quantitative estimate of drug-likeness (QED) is 0.806. The molecule has 4 heteroatoms. The summed E-state index contributed by atoms with van der Waals surface area (Å²) in [6.07, 6.45) is 3.04. The maximum Gasteiger partial charge on any atom is 0.169 e. The normalized spacial score (nSPS) is 24.6. The van der Waals surface area contributed by atoms with Crippen molar-refractivity contribution in [3.05, 3.63) is 35.4 Å². The lowest BCUT2D eigenvalue weighted by Crippen LogP contribution is -2.32.